The Kier molecular flexibility index (Phi) is 6.41. The van der Waals surface area contributed by atoms with Gasteiger partial charge in [-0.1, -0.05) is 36.7 Å². The summed E-state index contributed by atoms with van der Waals surface area (Å²) in [6.45, 7) is 6.65. The monoisotopic (exact) mass is 299 g/mol. The minimum atomic E-state index is -0.678. The van der Waals surface area contributed by atoms with Crippen molar-refractivity contribution < 1.29 is 44.1 Å². The van der Waals surface area contributed by atoms with Crippen LogP contribution in [-0.4, -0.2) is 16.3 Å². The average Bonchev–Trinajstić information content (AvgIpc) is 2.85. The molecule has 1 atom stereocenters. The van der Waals surface area contributed by atoms with Crippen LogP contribution in [0.1, 0.15) is 49.9 Å². The number of rotatable bonds is 3. The maximum absolute atomic E-state index is 11.2. The van der Waals surface area contributed by atoms with Crippen molar-refractivity contribution in [3.8, 4) is 0 Å². The predicted molar refractivity (Wildman–Crippen MR) is 75.1 cm³/mol. The first-order valence-corrected chi connectivity index (χ1v) is 6.70. The molecule has 2 rings (SSSR count). The normalized spacial score (nSPS) is 20.8. The zero-order valence-electron chi connectivity index (χ0n) is 13.0. The standard InChI is InChI=1S/C15H20N2O3.Na/c1-10-5-4-8-15(2,3)12(10)7-6-11-9-13(17-20-11)14(18)16-19;/h5-7,9,12,19H,4,8H2,1-3H3,(H,16,18);/q;+1/b7-6+;. The van der Waals surface area contributed by atoms with Crippen molar-refractivity contribution in [2.24, 2.45) is 11.3 Å². The van der Waals surface area contributed by atoms with E-state index in [1.54, 1.807) is 0 Å². The van der Waals surface area contributed by atoms with Gasteiger partial charge in [-0.2, -0.15) is 0 Å². The molecule has 1 heterocycles. The number of hydroxylamine groups is 1. The van der Waals surface area contributed by atoms with E-state index in [-0.39, 0.29) is 40.7 Å². The molecule has 6 heteroatoms. The fraction of sp³-hybridized carbons (Fsp3) is 0.467. The first kappa shape index (κ1) is 18.2. The molecule has 1 aromatic heterocycles. The van der Waals surface area contributed by atoms with Crippen LogP contribution in [-0.2, 0) is 0 Å². The smallest absolute Gasteiger partial charge is 0.356 e. The van der Waals surface area contributed by atoms with E-state index < -0.39 is 5.91 Å². The molecule has 0 radical (unpaired) electrons. The number of carbonyl (C=O) groups is 1. The van der Waals surface area contributed by atoms with Gasteiger partial charge in [0, 0.05) is 12.0 Å². The second kappa shape index (κ2) is 7.40. The van der Waals surface area contributed by atoms with Gasteiger partial charge in [-0.15, -0.1) is 0 Å². The van der Waals surface area contributed by atoms with E-state index in [2.05, 4.69) is 38.1 Å². The van der Waals surface area contributed by atoms with Gasteiger partial charge in [0.05, 0.1) is 0 Å². The number of aromatic nitrogens is 1. The zero-order chi connectivity index (χ0) is 14.8. The van der Waals surface area contributed by atoms with E-state index in [9.17, 15) is 4.79 Å². The first-order chi connectivity index (χ1) is 9.44. The maximum Gasteiger partial charge on any atom is 1.00 e. The van der Waals surface area contributed by atoms with Crippen LogP contribution >= 0.6 is 0 Å². The van der Waals surface area contributed by atoms with Gasteiger partial charge >= 0.3 is 29.6 Å². The van der Waals surface area contributed by atoms with Crippen molar-refractivity contribution >= 4 is 12.0 Å². The molecule has 1 aromatic rings. The Morgan fingerprint density at radius 2 is 2.29 bits per heavy atom. The van der Waals surface area contributed by atoms with Gasteiger partial charge in [-0.3, -0.25) is 10.0 Å². The van der Waals surface area contributed by atoms with E-state index in [4.69, 9.17) is 9.73 Å². The SMILES string of the molecule is CC1=CCCC(C)(C)C1/C=C/c1cc(C(=O)NO)no1.[Na+]. The summed E-state index contributed by atoms with van der Waals surface area (Å²) >= 11 is 0. The van der Waals surface area contributed by atoms with Crippen molar-refractivity contribution in [1.82, 2.24) is 10.6 Å². The van der Waals surface area contributed by atoms with Crippen molar-refractivity contribution in [2.45, 2.75) is 33.6 Å². The van der Waals surface area contributed by atoms with Crippen LogP contribution in [0.3, 0.4) is 0 Å². The summed E-state index contributed by atoms with van der Waals surface area (Å²) in [5.74, 6) is 0.164. The molecule has 1 unspecified atom stereocenters. The topological polar surface area (TPSA) is 75.4 Å². The van der Waals surface area contributed by atoms with Crippen LogP contribution < -0.4 is 35.0 Å². The average molecular weight is 299 g/mol. The number of nitrogens with one attached hydrogen (secondary N) is 1. The third kappa shape index (κ3) is 4.30. The molecule has 1 aliphatic carbocycles. The van der Waals surface area contributed by atoms with E-state index >= 15 is 0 Å². The van der Waals surface area contributed by atoms with Gasteiger partial charge in [-0.25, -0.2) is 5.48 Å². The molecule has 0 aliphatic heterocycles. The van der Waals surface area contributed by atoms with Gasteiger partial charge in [0.25, 0.3) is 5.91 Å². The summed E-state index contributed by atoms with van der Waals surface area (Å²) in [7, 11) is 0. The van der Waals surface area contributed by atoms with E-state index in [0.29, 0.717) is 11.7 Å². The quantitative estimate of drug-likeness (QED) is 0.362. The number of hydrogen-bond donors (Lipinski definition) is 2. The second-order valence-electron chi connectivity index (χ2n) is 5.87. The predicted octanol–water partition coefficient (Wildman–Crippen LogP) is 0.193. The van der Waals surface area contributed by atoms with E-state index in [0.717, 1.165) is 12.8 Å². The Morgan fingerprint density at radius 1 is 1.57 bits per heavy atom. The largest absolute Gasteiger partial charge is 1.00 e. The number of carbonyl (C=O) groups excluding carboxylic acids is 1. The van der Waals surface area contributed by atoms with Crippen LogP contribution in [0.4, 0.5) is 0 Å². The van der Waals surface area contributed by atoms with Gasteiger partial charge in [0.1, 0.15) is 0 Å². The molecule has 0 saturated carbocycles. The summed E-state index contributed by atoms with van der Waals surface area (Å²) in [5.41, 5.74) is 3.14. The molecule has 0 aromatic carbocycles. The van der Waals surface area contributed by atoms with Crippen LogP contribution in [0.5, 0.6) is 0 Å². The molecule has 1 amide bonds. The van der Waals surface area contributed by atoms with Crippen molar-refractivity contribution in [3.63, 3.8) is 0 Å². The fourth-order valence-electron chi connectivity index (χ4n) is 2.71. The summed E-state index contributed by atoms with van der Waals surface area (Å²) < 4.78 is 5.05. The fourth-order valence-corrected chi connectivity index (χ4v) is 2.71. The van der Waals surface area contributed by atoms with Gasteiger partial charge in [0.2, 0.25) is 0 Å². The Morgan fingerprint density at radius 3 is 2.90 bits per heavy atom. The Labute approximate surface area is 146 Å². The van der Waals surface area contributed by atoms with Crippen molar-refractivity contribution in [2.75, 3.05) is 0 Å². The van der Waals surface area contributed by atoms with Crippen molar-refractivity contribution in [1.29, 1.82) is 0 Å². The molecule has 0 saturated heterocycles. The van der Waals surface area contributed by atoms with Gasteiger partial charge in [-0.05, 0) is 31.3 Å². The van der Waals surface area contributed by atoms with E-state index in [1.165, 1.54) is 17.1 Å². The van der Waals surface area contributed by atoms with Crippen LogP contribution in [0.2, 0.25) is 0 Å². The molecule has 0 spiro atoms. The first-order valence-electron chi connectivity index (χ1n) is 6.70. The summed E-state index contributed by atoms with van der Waals surface area (Å²) in [5, 5.41) is 12.1. The van der Waals surface area contributed by atoms with Gasteiger partial charge in [0.15, 0.2) is 11.5 Å². The molecule has 2 N–H and O–H groups in total. The molecular weight excluding hydrogens is 279 g/mol. The minimum absolute atomic E-state index is 0. The van der Waals surface area contributed by atoms with Crippen molar-refractivity contribution in [3.05, 3.63) is 35.2 Å². The van der Waals surface area contributed by atoms with Crippen LogP contribution in [0.25, 0.3) is 6.08 Å². The minimum Gasteiger partial charge on any atom is -0.356 e. The molecular formula is C15H20N2NaO3+. The molecule has 21 heavy (non-hydrogen) atoms. The van der Waals surface area contributed by atoms with E-state index in [1.807, 2.05) is 6.08 Å². The Hall–Kier alpha value is -0.880. The van der Waals surface area contributed by atoms with Crippen LogP contribution in [0.15, 0.2) is 28.3 Å². The molecule has 0 fully saturated rings. The summed E-state index contributed by atoms with van der Waals surface area (Å²) in [4.78, 5) is 11.2. The number of allylic oxidation sites excluding steroid dienone is 3. The molecule has 0 bridgehead atoms. The van der Waals surface area contributed by atoms with Gasteiger partial charge < -0.3 is 4.52 Å². The molecule has 5 nitrogen and oxygen atoms in total. The number of nitrogens with zero attached hydrogens (tertiary/aromatic N) is 1. The number of hydrogen-bond acceptors (Lipinski definition) is 4. The zero-order valence-corrected chi connectivity index (χ0v) is 15.0. The maximum atomic E-state index is 11.2. The second-order valence-corrected chi connectivity index (χ2v) is 5.87. The third-order valence-electron chi connectivity index (χ3n) is 3.90. The Bertz CT molecular complexity index is 561. The number of amides is 1. The van der Waals surface area contributed by atoms with Crippen LogP contribution in [0, 0.1) is 11.3 Å². The summed E-state index contributed by atoms with van der Waals surface area (Å²) in [6.07, 6.45) is 8.45. The molecule has 108 valence electrons. The third-order valence-corrected chi connectivity index (χ3v) is 3.90. The molecule has 1 aliphatic rings. The summed E-state index contributed by atoms with van der Waals surface area (Å²) in [6, 6.07) is 1.50. The Balaban J connectivity index is 0.00000220.